The summed E-state index contributed by atoms with van der Waals surface area (Å²) in [5, 5.41) is 11.3. The molecule has 0 radical (unpaired) electrons. The second-order valence-electron chi connectivity index (χ2n) is 4.23. The third kappa shape index (κ3) is 2.95. The van der Waals surface area contributed by atoms with Crippen LogP contribution < -0.4 is 5.73 Å². The number of aromatic hydroxyl groups is 1. The molecule has 0 unspecified atom stereocenters. The lowest BCUT2D eigenvalue weighted by atomic mass is 10.3. The fourth-order valence-electron chi connectivity index (χ4n) is 1.79. The average Bonchev–Trinajstić information content (AvgIpc) is 2.91. The predicted octanol–water partition coefficient (Wildman–Crippen LogP) is 2.25. The van der Waals surface area contributed by atoms with E-state index >= 15 is 0 Å². The second kappa shape index (κ2) is 5.82. The van der Waals surface area contributed by atoms with Gasteiger partial charge in [-0.3, -0.25) is 0 Å². The van der Waals surface area contributed by atoms with Crippen LogP contribution in [0.4, 0.5) is 5.69 Å². The number of hydrogen-bond acceptors (Lipinski definition) is 5. The Labute approximate surface area is 122 Å². The molecule has 7 heteroatoms. The van der Waals surface area contributed by atoms with Gasteiger partial charge >= 0.3 is 0 Å². The SMILES string of the molecule is CCN(Cc1cccs1)S(=O)(=O)c1ccc(O)c(N)c1. The van der Waals surface area contributed by atoms with E-state index in [0.29, 0.717) is 13.1 Å². The van der Waals surface area contributed by atoms with Crippen molar-refractivity contribution in [2.75, 3.05) is 12.3 Å². The molecular weight excluding hydrogens is 296 g/mol. The molecule has 2 aromatic rings. The molecule has 1 heterocycles. The van der Waals surface area contributed by atoms with Gasteiger partial charge < -0.3 is 10.8 Å². The summed E-state index contributed by atoms with van der Waals surface area (Å²) in [5.74, 6) is -0.120. The van der Waals surface area contributed by atoms with Gasteiger partial charge in [-0.1, -0.05) is 13.0 Å². The van der Waals surface area contributed by atoms with Gasteiger partial charge in [-0.15, -0.1) is 11.3 Å². The molecule has 1 aromatic heterocycles. The van der Waals surface area contributed by atoms with E-state index < -0.39 is 10.0 Å². The minimum Gasteiger partial charge on any atom is -0.506 e. The Bertz CT molecular complexity index is 682. The molecule has 0 spiro atoms. The Morgan fingerprint density at radius 3 is 2.65 bits per heavy atom. The van der Waals surface area contributed by atoms with Crippen molar-refractivity contribution >= 4 is 27.0 Å². The molecule has 0 saturated heterocycles. The highest BCUT2D eigenvalue weighted by atomic mass is 32.2. The topological polar surface area (TPSA) is 83.6 Å². The van der Waals surface area contributed by atoms with Crippen LogP contribution >= 0.6 is 11.3 Å². The third-order valence-corrected chi connectivity index (χ3v) is 5.68. The number of phenols is 1. The van der Waals surface area contributed by atoms with Crippen LogP contribution in [-0.2, 0) is 16.6 Å². The molecule has 3 N–H and O–H groups in total. The van der Waals surface area contributed by atoms with Crippen LogP contribution in [0.15, 0.2) is 40.6 Å². The number of hydrogen-bond donors (Lipinski definition) is 2. The third-order valence-electron chi connectivity index (χ3n) is 2.90. The summed E-state index contributed by atoms with van der Waals surface area (Å²) in [6.45, 7) is 2.48. The Balaban J connectivity index is 2.33. The predicted molar refractivity (Wildman–Crippen MR) is 80.1 cm³/mol. The van der Waals surface area contributed by atoms with Gasteiger partial charge in [-0.2, -0.15) is 4.31 Å². The zero-order valence-electron chi connectivity index (χ0n) is 11.0. The van der Waals surface area contributed by atoms with Gasteiger partial charge in [0.1, 0.15) is 5.75 Å². The summed E-state index contributed by atoms with van der Waals surface area (Å²) >= 11 is 1.51. The number of thiophene rings is 1. The Morgan fingerprint density at radius 2 is 2.10 bits per heavy atom. The van der Waals surface area contributed by atoms with Crippen LogP contribution in [0.5, 0.6) is 5.75 Å². The van der Waals surface area contributed by atoms with E-state index in [1.54, 1.807) is 6.92 Å². The first-order valence-electron chi connectivity index (χ1n) is 6.06. The molecule has 0 aliphatic heterocycles. The first kappa shape index (κ1) is 14.8. The minimum absolute atomic E-state index is 0.0539. The molecule has 0 amide bonds. The highest BCUT2D eigenvalue weighted by molar-refractivity contribution is 7.89. The van der Waals surface area contributed by atoms with E-state index in [9.17, 15) is 13.5 Å². The summed E-state index contributed by atoms with van der Waals surface area (Å²) in [5.41, 5.74) is 5.62. The minimum atomic E-state index is -3.62. The summed E-state index contributed by atoms with van der Waals surface area (Å²) in [6.07, 6.45) is 0. The van der Waals surface area contributed by atoms with Crippen molar-refractivity contribution in [3.05, 3.63) is 40.6 Å². The largest absolute Gasteiger partial charge is 0.506 e. The van der Waals surface area contributed by atoms with E-state index in [2.05, 4.69) is 0 Å². The maximum Gasteiger partial charge on any atom is 0.243 e. The molecule has 0 fully saturated rings. The van der Waals surface area contributed by atoms with Crippen molar-refractivity contribution in [1.29, 1.82) is 0 Å². The highest BCUT2D eigenvalue weighted by Crippen LogP contribution is 2.26. The van der Waals surface area contributed by atoms with E-state index in [1.807, 2.05) is 17.5 Å². The summed E-state index contributed by atoms with van der Waals surface area (Å²) in [4.78, 5) is 1.06. The van der Waals surface area contributed by atoms with Gasteiger partial charge in [-0.05, 0) is 29.6 Å². The number of phenolic OH excluding ortho intramolecular Hbond substituents is 1. The Morgan fingerprint density at radius 1 is 1.35 bits per heavy atom. The first-order valence-corrected chi connectivity index (χ1v) is 8.38. The second-order valence-corrected chi connectivity index (χ2v) is 7.20. The van der Waals surface area contributed by atoms with Crippen LogP contribution in [0.25, 0.3) is 0 Å². The van der Waals surface area contributed by atoms with Gasteiger partial charge in [0.15, 0.2) is 0 Å². The zero-order chi connectivity index (χ0) is 14.8. The monoisotopic (exact) mass is 312 g/mol. The Hall–Kier alpha value is -1.57. The maximum atomic E-state index is 12.5. The zero-order valence-corrected chi connectivity index (χ0v) is 12.6. The first-order chi connectivity index (χ1) is 9.45. The molecule has 2 rings (SSSR count). The number of nitrogens with zero attached hydrogens (tertiary/aromatic N) is 1. The number of nitrogen functional groups attached to an aromatic ring is 1. The van der Waals surface area contributed by atoms with Gasteiger partial charge in [-0.25, -0.2) is 8.42 Å². The van der Waals surface area contributed by atoms with Crippen LogP contribution in [0.2, 0.25) is 0 Å². The van der Waals surface area contributed by atoms with Crippen molar-refractivity contribution in [1.82, 2.24) is 4.31 Å². The van der Waals surface area contributed by atoms with E-state index in [-0.39, 0.29) is 16.3 Å². The molecular formula is C13H16N2O3S2. The number of anilines is 1. The standard InChI is InChI=1S/C13H16N2O3S2/c1-2-15(9-10-4-3-7-19-10)20(17,18)11-5-6-13(16)12(14)8-11/h3-8,16H,2,9,14H2,1H3. The number of sulfonamides is 1. The van der Waals surface area contributed by atoms with Gasteiger partial charge in [0, 0.05) is 18.0 Å². The summed E-state index contributed by atoms with van der Waals surface area (Å²) in [6, 6.07) is 7.72. The molecule has 20 heavy (non-hydrogen) atoms. The normalized spacial score (nSPS) is 11.9. The number of benzene rings is 1. The quantitative estimate of drug-likeness (QED) is 0.655. The average molecular weight is 312 g/mol. The molecule has 1 aromatic carbocycles. The van der Waals surface area contributed by atoms with Gasteiger partial charge in [0.2, 0.25) is 10.0 Å². The maximum absolute atomic E-state index is 12.5. The van der Waals surface area contributed by atoms with E-state index in [4.69, 9.17) is 5.73 Å². The molecule has 0 aliphatic rings. The lowest BCUT2D eigenvalue weighted by Gasteiger charge is -2.20. The van der Waals surface area contributed by atoms with Crippen LogP contribution in [-0.4, -0.2) is 24.4 Å². The lowest BCUT2D eigenvalue weighted by Crippen LogP contribution is -2.30. The summed E-state index contributed by atoms with van der Waals surface area (Å²) < 4.78 is 26.5. The van der Waals surface area contributed by atoms with Crippen LogP contribution in [0.1, 0.15) is 11.8 Å². The number of rotatable bonds is 5. The molecule has 0 saturated carbocycles. The van der Waals surface area contributed by atoms with Crippen LogP contribution in [0.3, 0.4) is 0 Å². The fraction of sp³-hybridized carbons (Fsp3) is 0.231. The van der Waals surface area contributed by atoms with Crippen molar-refractivity contribution in [3.8, 4) is 5.75 Å². The van der Waals surface area contributed by atoms with E-state index in [1.165, 1.54) is 33.8 Å². The van der Waals surface area contributed by atoms with Gasteiger partial charge in [0.05, 0.1) is 10.6 Å². The van der Waals surface area contributed by atoms with Crippen molar-refractivity contribution in [2.45, 2.75) is 18.4 Å². The van der Waals surface area contributed by atoms with Crippen molar-refractivity contribution < 1.29 is 13.5 Å². The lowest BCUT2D eigenvalue weighted by molar-refractivity contribution is 0.426. The van der Waals surface area contributed by atoms with Gasteiger partial charge in [0.25, 0.3) is 0 Å². The van der Waals surface area contributed by atoms with Crippen molar-refractivity contribution in [3.63, 3.8) is 0 Å². The number of nitrogens with two attached hydrogens (primary N) is 1. The Kier molecular flexibility index (Phi) is 4.32. The summed E-state index contributed by atoms with van der Waals surface area (Å²) in [7, 11) is -3.62. The highest BCUT2D eigenvalue weighted by Gasteiger charge is 2.24. The van der Waals surface area contributed by atoms with E-state index in [0.717, 1.165) is 4.88 Å². The molecule has 0 aliphatic carbocycles. The molecule has 0 atom stereocenters. The van der Waals surface area contributed by atoms with Crippen molar-refractivity contribution in [2.24, 2.45) is 0 Å². The molecule has 5 nitrogen and oxygen atoms in total. The molecule has 108 valence electrons. The molecule has 0 bridgehead atoms. The fourth-order valence-corrected chi connectivity index (χ4v) is 4.05. The van der Waals surface area contributed by atoms with Crippen LogP contribution in [0, 0.1) is 0 Å². The smallest absolute Gasteiger partial charge is 0.243 e.